The normalized spacial score (nSPS) is 15.1. The Morgan fingerprint density at radius 1 is 0.862 bits per heavy atom. The number of ether oxygens (including phenoxy) is 2. The van der Waals surface area contributed by atoms with E-state index in [4.69, 9.17) is 21.7 Å². The monoisotopic (exact) mass is 419 g/mol. The number of carbonyl (C=O) groups is 1. The van der Waals surface area contributed by atoms with E-state index in [-0.39, 0.29) is 5.91 Å². The number of thiocarbonyl (C=S) groups is 1. The van der Waals surface area contributed by atoms with Crippen molar-refractivity contribution in [2.24, 2.45) is 0 Å². The van der Waals surface area contributed by atoms with E-state index in [0.29, 0.717) is 20.7 Å². The van der Waals surface area contributed by atoms with Gasteiger partial charge in [-0.15, -0.1) is 0 Å². The van der Waals surface area contributed by atoms with Crippen molar-refractivity contribution in [3.8, 4) is 17.2 Å². The third kappa shape index (κ3) is 4.34. The Hall–Kier alpha value is -3.09. The van der Waals surface area contributed by atoms with Crippen molar-refractivity contribution >= 4 is 46.0 Å². The van der Waals surface area contributed by atoms with Crippen molar-refractivity contribution in [1.82, 2.24) is 0 Å². The van der Waals surface area contributed by atoms with Crippen LogP contribution in [0.3, 0.4) is 0 Å². The van der Waals surface area contributed by atoms with Crippen LogP contribution in [0, 0.1) is 0 Å². The summed E-state index contributed by atoms with van der Waals surface area (Å²) in [5.74, 6) is 2.09. The maximum atomic E-state index is 12.9. The van der Waals surface area contributed by atoms with Crippen LogP contribution in [0.5, 0.6) is 17.2 Å². The first-order chi connectivity index (χ1) is 14.1. The number of methoxy groups -OCH3 is 1. The van der Waals surface area contributed by atoms with Crippen LogP contribution >= 0.6 is 24.0 Å². The molecule has 3 aromatic rings. The van der Waals surface area contributed by atoms with Gasteiger partial charge in [-0.25, -0.2) is 0 Å². The molecule has 29 heavy (non-hydrogen) atoms. The standard InChI is InChI=1S/C23H17NO3S2/c1-26-18-11-7-16(8-12-18)15-21-22(25)24(23(28)29-21)17-9-13-20(14-10-17)27-19-5-3-2-4-6-19/h2-15H,1H3/b21-15-. The van der Waals surface area contributed by atoms with Crippen molar-refractivity contribution in [3.05, 3.63) is 89.3 Å². The fraction of sp³-hybridized carbons (Fsp3) is 0.0435. The van der Waals surface area contributed by atoms with Crippen molar-refractivity contribution in [2.75, 3.05) is 12.0 Å². The molecule has 0 radical (unpaired) electrons. The molecule has 0 N–H and O–H groups in total. The van der Waals surface area contributed by atoms with E-state index in [0.717, 1.165) is 17.1 Å². The maximum absolute atomic E-state index is 12.9. The summed E-state index contributed by atoms with van der Waals surface area (Å²) in [5, 5.41) is 0. The number of carbonyl (C=O) groups excluding carboxylic acids is 1. The molecule has 0 spiro atoms. The van der Waals surface area contributed by atoms with Crippen LogP contribution < -0.4 is 14.4 Å². The Morgan fingerprint density at radius 2 is 1.48 bits per heavy atom. The predicted octanol–water partition coefficient (Wildman–Crippen LogP) is 5.89. The number of rotatable bonds is 5. The van der Waals surface area contributed by atoms with Gasteiger partial charge in [0.05, 0.1) is 17.7 Å². The Balaban J connectivity index is 1.51. The van der Waals surface area contributed by atoms with E-state index in [1.54, 1.807) is 12.0 Å². The van der Waals surface area contributed by atoms with Gasteiger partial charge in [-0.05, 0) is 60.2 Å². The van der Waals surface area contributed by atoms with Gasteiger partial charge in [0.2, 0.25) is 0 Å². The second kappa shape index (κ2) is 8.51. The molecule has 1 fully saturated rings. The first kappa shape index (κ1) is 19.2. The molecule has 0 saturated carbocycles. The first-order valence-electron chi connectivity index (χ1n) is 8.89. The fourth-order valence-corrected chi connectivity index (χ4v) is 4.13. The fourth-order valence-electron chi connectivity index (χ4n) is 2.83. The average molecular weight is 420 g/mol. The molecule has 144 valence electrons. The van der Waals surface area contributed by atoms with Crippen molar-refractivity contribution in [2.45, 2.75) is 0 Å². The van der Waals surface area contributed by atoms with Crippen molar-refractivity contribution < 1.29 is 14.3 Å². The summed E-state index contributed by atoms with van der Waals surface area (Å²) in [6, 6.07) is 24.4. The molecule has 0 bridgehead atoms. The van der Waals surface area contributed by atoms with Crippen LogP contribution in [0.4, 0.5) is 5.69 Å². The zero-order valence-corrected chi connectivity index (χ0v) is 17.2. The number of amides is 1. The summed E-state index contributed by atoms with van der Waals surface area (Å²) in [6.45, 7) is 0. The molecule has 0 aliphatic carbocycles. The van der Waals surface area contributed by atoms with E-state index in [2.05, 4.69) is 0 Å². The molecule has 0 unspecified atom stereocenters. The van der Waals surface area contributed by atoms with Gasteiger partial charge in [0.15, 0.2) is 4.32 Å². The topological polar surface area (TPSA) is 38.8 Å². The predicted molar refractivity (Wildman–Crippen MR) is 122 cm³/mol. The zero-order chi connectivity index (χ0) is 20.2. The molecule has 4 nitrogen and oxygen atoms in total. The highest BCUT2D eigenvalue weighted by molar-refractivity contribution is 8.27. The van der Waals surface area contributed by atoms with Crippen molar-refractivity contribution in [1.29, 1.82) is 0 Å². The van der Waals surface area contributed by atoms with Crippen LogP contribution in [-0.2, 0) is 4.79 Å². The smallest absolute Gasteiger partial charge is 0.270 e. The number of thioether (sulfide) groups is 1. The second-order valence-electron chi connectivity index (χ2n) is 6.20. The third-order valence-corrected chi connectivity index (χ3v) is 5.58. The quantitative estimate of drug-likeness (QED) is 0.381. The summed E-state index contributed by atoms with van der Waals surface area (Å²) >= 11 is 6.74. The molecule has 6 heteroatoms. The van der Waals surface area contributed by atoms with Gasteiger partial charge in [0, 0.05) is 0 Å². The number of nitrogens with zero attached hydrogens (tertiary/aromatic N) is 1. The lowest BCUT2D eigenvalue weighted by Crippen LogP contribution is -2.27. The molecule has 0 atom stereocenters. The minimum atomic E-state index is -0.132. The number of para-hydroxylation sites is 1. The molecule has 1 amide bonds. The number of hydrogen-bond donors (Lipinski definition) is 0. The lowest BCUT2D eigenvalue weighted by atomic mass is 10.2. The summed E-state index contributed by atoms with van der Waals surface area (Å²) in [6.07, 6.45) is 1.84. The lowest BCUT2D eigenvalue weighted by molar-refractivity contribution is -0.113. The molecule has 1 heterocycles. The molecular weight excluding hydrogens is 402 g/mol. The highest BCUT2D eigenvalue weighted by Gasteiger charge is 2.33. The molecule has 4 rings (SSSR count). The van der Waals surface area contributed by atoms with Crippen LogP contribution in [0.2, 0.25) is 0 Å². The Morgan fingerprint density at radius 3 is 2.14 bits per heavy atom. The summed E-state index contributed by atoms with van der Waals surface area (Å²) in [4.78, 5) is 15.0. The Kier molecular flexibility index (Phi) is 5.64. The maximum Gasteiger partial charge on any atom is 0.270 e. The molecule has 3 aromatic carbocycles. The van der Waals surface area contributed by atoms with Gasteiger partial charge in [-0.1, -0.05) is 54.3 Å². The number of hydrogen-bond acceptors (Lipinski definition) is 5. The van der Waals surface area contributed by atoms with E-state index in [1.807, 2.05) is 84.9 Å². The van der Waals surface area contributed by atoms with E-state index in [9.17, 15) is 4.79 Å². The number of anilines is 1. The Labute approximate surface area is 178 Å². The van der Waals surface area contributed by atoms with Gasteiger partial charge < -0.3 is 9.47 Å². The van der Waals surface area contributed by atoms with Crippen LogP contribution in [0.1, 0.15) is 5.56 Å². The van der Waals surface area contributed by atoms with E-state index < -0.39 is 0 Å². The van der Waals surface area contributed by atoms with Gasteiger partial charge >= 0.3 is 0 Å². The largest absolute Gasteiger partial charge is 0.497 e. The highest BCUT2D eigenvalue weighted by atomic mass is 32.2. The first-order valence-corrected chi connectivity index (χ1v) is 10.1. The molecular formula is C23H17NO3S2. The summed E-state index contributed by atoms with van der Waals surface area (Å²) in [7, 11) is 1.62. The lowest BCUT2D eigenvalue weighted by Gasteiger charge is -2.15. The summed E-state index contributed by atoms with van der Waals surface area (Å²) in [5.41, 5.74) is 1.63. The summed E-state index contributed by atoms with van der Waals surface area (Å²) < 4.78 is 11.5. The van der Waals surface area contributed by atoms with Gasteiger partial charge in [0.1, 0.15) is 17.2 Å². The van der Waals surface area contributed by atoms with E-state index >= 15 is 0 Å². The average Bonchev–Trinajstić information content (AvgIpc) is 3.03. The molecule has 1 saturated heterocycles. The minimum Gasteiger partial charge on any atom is -0.497 e. The third-order valence-electron chi connectivity index (χ3n) is 4.28. The Bertz CT molecular complexity index is 1060. The SMILES string of the molecule is COc1ccc(/C=C2\SC(=S)N(c3ccc(Oc4ccccc4)cc3)C2=O)cc1. The molecule has 1 aliphatic heterocycles. The second-order valence-corrected chi connectivity index (χ2v) is 7.88. The van der Waals surface area contributed by atoms with Crippen molar-refractivity contribution in [3.63, 3.8) is 0 Å². The van der Waals surface area contributed by atoms with Crippen LogP contribution in [0.15, 0.2) is 83.8 Å². The van der Waals surface area contributed by atoms with Gasteiger partial charge in [-0.3, -0.25) is 9.69 Å². The van der Waals surface area contributed by atoms with Gasteiger partial charge in [-0.2, -0.15) is 0 Å². The highest BCUT2D eigenvalue weighted by Crippen LogP contribution is 2.37. The molecule has 0 aromatic heterocycles. The van der Waals surface area contributed by atoms with Crippen LogP contribution in [0.25, 0.3) is 6.08 Å². The van der Waals surface area contributed by atoms with Gasteiger partial charge in [0.25, 0.3) is 5.91 Å². The molecule has 1 aliphatic rings. The zero-order valence-electron chi connectivity index (χ0n) is 15.6. The minimum absolute atomic E-state index is 0.132. The van der Waals surface area contributed by atoms with E-state index in [1.165, 1.54) is 11.8 Å². The van der Waals surface area contributed by atoms with Crippen LogP contribution in [-0.4, -0.2) is 17.3 Å². The number of benzene rings is 3.